The molecule has 5 bridgehead atoms. The molecule has 0 aliphatic carbocycles. The van der Waals surface area contributed by atoms with E-state index in [1.54, 1.807) is 46.8 Å². The molecule has 0 saturated carbocycles. The van der Waals surface area contributed by atoms with Gasteiger partial charge in [-0.25, -0.2) is 0 Å². The van der Waals surface area contributed by atoms with Crippen LogP contribution in [-0.2, 0) is 23.8 Å². The summed E-state index contributed by atoms with van der Waals surface area (Å²) < 4.78 is 28.9. The molecule has 1 aromatic carbocycles. The first-order valence-corrected chi connectivity index (χ1v) is 16.4. The second-order valence-electron chi connectivity index (χ2n) is 13.4. The normalized spacial score (nSPS) is 32.9. The Balaban J connectivity index is 1.81. The summed E-state index contributed by atoms with van der Waals surface area (Å²) in [6, 6.07) is 1.02. The van der Waals surface area contributed by atoms with Gasteiger partial charge in [0.1, 0.15) is 11.9 Å². The van der Waals surface area contributed by atoms with Crippen LogP contribution in [0.15, 0.2) is 39.8 Å². The van der Waals surface area contributed by atoms with Gasteiger partial charge in [0.2, 0.25) is 11.8 Å². The Labute approximate surface area is 284 Å². The Kier molecular flexibility index (Phi) is 11.3. The fourth-order valence-electron chi connectivity index (χ4n) is 6.53. The predicted molar refractivity (Wildman–Crippen MR) is 179 cm³/mol. The number of benzene rings is 1. The van der Waals surface area contributed by atoms with Crippen molar-refractivity contribution in [1.82, 2.24) is 0 Å². The van der Waals surface area contributed by atoms with E-state index in [2.05, 4.69) is 5.32 Å². The average Bonchev–Trinajstić information content (AvgIpc) is 3.31. The van der Waals surface area contributed by atoms with Crippen LogP contribution in [0.1, 0.15) is 70.8 Å². The summed E-state index contributed by atoms with van der Waals surface area (Å²) in [6.07, 6.45) is 2.79. The van der Waals surface area contributed by atoms with E-state index in [4.69, 9.17) is 23.4 Å². The summed E-state index contributed by atoms with van der Waals surface area (Å²) in [6.45, 7) is 12.8. The number of fused-ring (bicyclic) bond motifs is 15. The van der Waals surface area contributed by atoms with E-state index < -0.39 is 88.6 Å². The number of anilines is 1. The van der Waals surface area contributed by atoms with Crippen molar-refractivity contribution in [3.63, 3.8) is 0 Å². The van der Waals surface area contributed by atoms with Gasteiger partial charge in [-0.1, -0.05) is 46.8 Å². The number of ether oxygens (including phenoxy) is 4. The van der Waals surface area contributed by atoms with E-state index in [-0.39, 0.29) is 40.2 Å². The van der Waals surface area contributed by atoms with E-state index in [1.807, 2.05) is 0 Å². The maximum atomic E-state index is 13.8. The first-order chi connectivity index (χ1) is 22.9. The Morgan fingerprint density at radius 1 is 1.02 bits per heavy atom. The first-order valence-electron chi connectivity index (χ1n) is 16.4. The summed E-state index contributed by atoms with van der Waals surface area (Å²) in [5.74, 6) is -7.28. The molecular formula is C36H47NO12. The second-order valence-corrected chi connectivity index (χ2v) is 13.4. The highest BCUT2D eigenvalue weighted by atomic mass is 16.7. The lowest BCUT2D eigenvalue weighted by molar-refractivity contribution is -0.160. The molecule has 4 N–H and O–H groups in total. The summed E-state index contributed by atoms with van der Waals surface area (Å²) in [4.78, 5) is 52.5. The molecule has 1 amide bonds. The highest BCUT2D eigenvalue weighted by molar-refractivity contribution is 6.16. The van der Waals surface area contributed by atoms with Crippen molar-refractivity contribution < 1.29 is 53.1 Å². The van der Waals surface area contributed by atoms with Crippen molar-refractivity contribution in [3.05, 3.63) is 51.9 Å². The van der Waals surface area contributed by atoms with Crippen molar-refractivity contribution in [1.29, 1.82) is 0 Å². The molecular weight excluding hydrogens is 638 g/mol. The zero-order valence-corrected chi connectivity index (χ0v) is 29.3. The number of ketones is 1. The molecule has 10 atom stereocenters. The third-order valence-corrected chi connectivity index (χ3v) is 9.74. The molecule has 13 heteroatoms. The number of allylic oxidation sites excluding steroid dienone is 1. The quantitative estimate of drug-likeness (QED) is 0.258. The Morgan fingerprint density at radius 3 is 2.33 bits per heavy atom. The Bertz CT molecular complexity index is 1710. The van der Waals surface area contributed by atoms with Crippen molar-refractivity contribution in [2.45, 2.75) is 92.0 Å². The van der Waals surface area contributed by atoms with Crippen LogP contribution in [0.3, 0.4) is 0 Å². The first kappa shape index (κ1) is 37.6. The third kappa shape index (κ3) is 7.38. The Hall–Kier alpha value is -4.20. The van der Waals surface area contributed by atoms with E-state index in [1.165, 1.54) is 40.2 Å². The largest absolute Gasteiger partial charge is 0.504 e. The average molecular weight is 686 g/mol. The third-order valence-electron chi connectivity index (χ3n) is 9.74. The smallest absolute Gasteiger partial charge is 0.312 e. The lowest BCUT2D eigenvalue weighted by Crippen LogP contribution is -2.46. The molecule has 5 rings (SSSR count). The van der Waals surface area contributed by atoms with Gasteiger partial charge in [0.15, 0.2) is 16.8 Å². The van der Waals surface area contributed by atoms with Crippen molar-refractivity contribution in [3.8, 4) is 11.5 Å². The number of Topliss-reactive ketones (excluding diaryl/α,β-unsaturated/α-hetero) is 1. The molecule has 10 unspecified atom stereocenters. The minimum atomic E-state index is -1.96. The molecule has 0 spiro atoms. The number of carbonyl (C=O) groups excluding carboxylic acids is 3. The van der Waals surface area contributed by atoms with Crippen LogP contribution in [0.5, 0.6) is 11.5 Å². The summed E-state index contributed by atoms with van der Waals surface area (Å²) >= 11 is 0. The lowest BCUT2D eigenvalue weighted by atomic mass is 9.78. The SMILES string of the molecule is COC1C=COC2(C)Oc3c(C)c(O)c4oc(cc(=O)c4c3C2=O)NC(=O)C(C)CC=CC(C)C(O)C(C)C(O)C(C)C(OC(C)=O)C1C. The molecule has 0 fully saturated rings. The van der Waals surface area contributed by atoms with E-state index >= 15 is 0 Å². The number of hydrogen-bond donors (Lipinski definition) is 4. The predicted octanol–water partition coefficient (Wildman–Crippen LogP) is 4.38. The molecule has 4 heterocycles. The maximum absolute atomic E-state index is 13.8. The number of phenols is 1. The number of methoxy groups -OCH3 is 1. The number of hydrogen-bond acceptors (Lipinski definition) is 12. The van der Waals surface area contributed by atoms with E-state index in [9.17, 15) is 34.5 Å². The van der Waals surface area contributed by atoms with Gasteiger partial charge in [-0.2, -0.15) is 0 Å². The zero-order chi connectivity index (χ0) is 36.5. The highest BCUT2D eigenvalue weighted by Crippen LogP contribution is 2.46. The Morgan fingerprint density at radius 2 is 1.69 bits per heavy atom. The zero-order valence-electron chi connectivity index (χ0n) is 29.3. The van der Waals surface area contributed by atoms with Gasteiger partial charge in [0, 0.05) is 62.2 Å². The highest BCUT2D eigenvalue weighted by Gasteiger charge is 2.49. The number of carbonyl (C=O) groups is 3. The molecule has 3 aliphatic rings. The number of amides is 1. The van der Waals surface area contributed by atoms with Gasteiger partial charge >= 0.3 is 11.8 Å². The number of nitrogens with one attached hydrogen (secondary N) is 1. The monoisotopic (exact) mass is 685 g/mol. The number of aromatic hydroxyl groups is 1. The van der Waals surface area contributed by atoms with Crippen LogP contribution < -0.4 is 15.5 Å². The van der Waals surface area contributed by atoms with Crippen molar-refractivity contribution in [2.24, 2.45) is 29.6 Å². The number of aliphatic hydroxyl groups is 2. The second kappa shape index (κ2) is 14.7. The summed E-state index contributed by atoms with van der Waals surface area (Å²) in [7, 11) is 1.44. The van der Waals surface area contributed by atoms with Crippen molar-refractivity contribution in [2.75, 3.05) is 12.4 Å². The molecule has 2 aromatic rings. The van der Waals surface area contributed by atoms with E-state index in [0.29, 0.717) is 0 Å². The van der Waals surface area contributed by atoms with Crippen LogP contribution in [0.2, 0.25) is 0 Å². The fourth-order valence-corrected chi connectivity index (χ4v) is 6.53. The standard InChI is InChI=1S/C36H47NO12/c1-16-11-10-12-17(2)35(44)37-25-15-23(39)26-27-32(21(6)30(42)33(26)48-25)49-36(8,34(27)43)46-14-13-24(45-9)18(3)31(47-22(7)38)20(5)29(41)19(4)28(16)40/h10-11,13-20,24,28-29,31,40-42H,12H2,1-9H3,(H,37,44). The van der Waals surface area contributed by atoms with Crippen LogP contribution in [0.25, 0.3) is 11.0 Å². The van der Waals surface area contributed by atoms with Crippen LogP contribution in [-0.4, -0.2) is 70.3 Å². The van der Waals surface area contributed by atoms with Gasteiger partial charge in [-0.05, 0) is 19.4 Å². The molecule has 0 radical (unpaired) electrons. The fraction of sp³-hybridized carbons (Fsp3) is 0.556. The molecule has 13 nitrogen and oxygen atoms in total. The minimum absolute atomic E-state index is 0.0548. The van der Waals surface area contributed by atoms with Gasteiger partial charge in [-0.15, -0.1) is 0 Å². The molecule has 0 saturated heterocycles. The molecule has 49 heavy (non-hydrogen) atoms. The van der Waals surface area contributed by atoms with Crippen LogP contribution >= 0.6 is 0 Å². The van der Waals surface area contributed by atoms with Crippen molar-refractivity contribution >= 4 is 34.5 Å². The number of esters is 1. The molecule has 268 valence electrons. The molecule has 3 aliphatic heterocycles. The van der Waals surface area contributed by atoms with Gasteiger partial charge in [-0.3, -0.25) is 24.5 Å². The number of rotatable bonds is 2. The lowest BCUT2D eigenvalue weighted by Gasteiger charge is -2.38. The van der Waals surface area contributed by atoms with Gasteiger partial charge in [0.25, 0.3) is 5.78 Å². The topological polar surface area (TPSA) is 191 Å². The van der Waals surface area contributed by atoms with E-state index in [0.717, 1.165) is 6.07 Å². The van der Waals surface area contributed by atoms with Gasteiger partial charge in [0.05, 0.1) is 35.5 Å². The maximum Gasteiger partial charge on any atom is 0.312 e. The van der Waals surface area contributed by atoms with Crippen LogP contribution in [0.4, 0.5) is 5.88 Å². The summed E-state index contributed by atoms with van der Waals surface area (Å²) in [5.41, 5.74) is -1.01. The number of aliphatic hydroxyl groups excluding tert-OH is 2. The summed E-state index contributed by atoms with van der Waals surface area (Å²) in [5, 5.41) is 35.9. The van der Waals surface area contributed by atoms with Crippen LogP contribution in [0, 0.1) is 36.5 Å². The number of phenolic OH excluding ortho intramolecular Hbond substituents is 1. The van der Waals surface area contributed by atoms with Gasteiger partial charge < -0.3 is 38.7 Å². The minimum Gasteiger partial charge on any atom is -0.504 e. The molecule has 1 aromatic heterocycles.